The summed E-state index contributed by atoms with van der Waals surface area (Å²) in [4.78, 5) is 0. The topological polar surface area (TPSA) is 0 Å². The van der Waals surface area contributed by atoms with Crippen molar-refractivity contribution in [2.45, 2.75) is 88.1 Å². The third kappa shape index (κ3) is 5.76. The van der Waals surface area contributed by atoms with Gasteiger partial charge in [-0.05, 0) is 86.4 Å². The summed E-state index contributed by atoms with van der Waals surface area (Å²) in [5.41, 5.74) is 4.29. The van der Waals surface area contributed by atoms with Gasteiger partial charge >= 0.3 is 0 Å². The summed E-state index contributed by atoms with van der Waals surface area (Å²) in [5.74, 6) is 1.63. The lowest BCUT2D eigenvalue weighted by atomic mass is 9.99. The fourth-order valence-corrected chi connectivity index (χ4v) is 12.9. The van der Waals surface area contributed by atoms with Gasteiger partial charge in [0.05, 0.1) is 0 Å². The lowest BCUT2D eigenvalue weighted by Crippen LogP contribution is -2.28. The normalized spacial score (nSPS) is 22.9. The van der Waals surface area contributed by atoms with E-state index in [1.165, 1.54) is 80.5 Å². The molecular formula is C31H39P2. The highest BCUT2D eigenvalue weighted by atomic mass is 31.1. The second kappa shape index (κ2) is 11.8. The largest absolute Gasteiger partial charge is 0.0968 e. The SMILES string of the molecule is C[C@H]([C]1[CH][CH][C](P(c2ccccc2)c2ccccc2)[CH]1)P(C1CCCCC1)C1CCCCC1. The van der Waals surface area contributed by atoms with E-state index in [-0.39, 0.29) is 7.92 Å². The molecule has 3 aliphatic carbocycles. The summed E-state index contributed by atoms with van der Waals surface area (Å²) in [5, 5.41) is 2.93. The Morgan fingerprint density at radius 3 is 1.61 bits per heavy atom. The summed E-state index contributed by atoms with van der Waals surface area (Å²) in [6.45, 7) is 2.60. The highest BCUT2D eigenvalue weighted by Gasteiger charge is 2.42. The monoisotopic (exact) mass is 473 g/mol. The van der Waals surface area contributed by atoms with Gasteiger partial charge in [-0.2, -0.15) is 0 Å². The predicted octanol–water partition coefficient (Wildman–Crippen LogP) is 8.39. The molecule has 0 aromatic heterocycles. The molecule has 5 radical (unpaired) electrons. The van der Waals surface area contributed by atoms with E-state index in [2.05, 4.69) is 86.8 Å². The van der Waals surface area contributed by atoms with Gasteiger partial charge in [0.15, 0.2) is 0 Å². The molecular weight excluding hydrogens is 434 g/mol. The fourth-order valence-electron chi connectivity index (χ4n) is 6.31. The number of hydrogen-bond donors (Lipinski definition) is 0. The third-order valence-corrected chi connectivity index (χ3v) is 14.3. The van der Waals surface area contributed by atoms with E-state index in [0.717, 1.165) is 17.0 Å². The summed E-state index contributed by atoms with van der Waals surface area (Å²) in [7, 11) is -0.433. The van der Waals surface area contributed by atoms with E-state index in [9.17, 15) is 0 Å². The molecule has 0 aliphatic heterocycles. The second-order valence-electron chi connectivity index (χ2n) is 10.1. The van der Waals surface area contributed by atoms with Gasteiger partial charge in [0, 0.05) is 5.66 Å². The van der Waals surface area contributed by atoms with Gasteiger partial charge in [-0.15, -0.1) is 0 Å². The van der Waals surface area contributed by atoms with Crippen molar-refractivity contribution in [3.63, 3.8) is 0 Å². The van der Waals surface area contributed by atoms with Crippen molar-refractivity contribution in [3.05, 3.63) is 91.5 Å². The molecule has 0 N–H and O–H groups in total. The van der Waals surface area contributed by atoms with Crippen LogP contribution in [0, 0.1) is 30.8 Å². The molecule has 0 spiro atoms. The van der Waals surface area contributed by atoms with Gasteiger partial charge in [0.25, 0.3) is 0 Å². The summed E-state index contributed by atoms with van der Waals surface area (Å²) in [6, 6.07) is 22.4. The molecule has 0 bridgehead atoms. The molecule has 3 saturated carbocycles. The average Bonchev–Trinajstić information content (AvgIpc) is 3.37. The van der Waals surface area contributed by atoms with Crippen LogP contribution in [-0.2, 0) is 0 Å². The highest BCUT2D eigenvalue weighted by Crippen LogP contribution is 2.64. The van der Waals surface area contributed by atoms with Crippen molar-refractivity contribution >= 4 is 26.5 Å². The molecule has 1 atom stereocenters. The minimum Gasteiger partial charge on any atom is -0.0968 e. The molecule has 2 heteroatoms. The van der Waals surface area contributed by atoms with Gasteiger partial charge in [-0.1, -0.05) is 114 Å². The van der Waals surface area contributed by atoms with Gasteiger partial charge < -0.3 is 0 Å². The molecule has 0 saturated heterocycles. The Kier molecular flexibility index (Phi) is 8.60. The zero-order valence-corrected chi connectivity index (χ0v) is 22.0. The van der Waals surface area contributed by atoms with E-state index in [0.29, 0.717) is 0 Å². The molecule has 173 valence electrons. The maximum Gasteiger partial charge on any atom is 0.0164 e. The Bertz CT molecular complexity index is 765. The molecule has 0 heterocycles. The first-order valence-corrected chi connectivity index (χ1v) is 16.1. The minimum atomic E-state index is -0.491. The predicted molar refractivity (Wildman–Crippen MR) is 149 cm³/mol. The Hall–Kier alpha value is -0.700. The first-order valence-electron chi connectivity index (χ1n) is 13.3. The van der Waals surface area contributed by atoms with Crippen molar-refractivity contribution in [3.8, 4) is 0 Å². The molecule has 3 aliphatic rings. The molecule has 2 aromatic carbocycles. The first kappa shape index (κ1) is 24.0. The van der Waals surface area contributed by atoms with E-state index in [4.69, 9.17) is 0 Å². The van der Waals surface area contributed by atoms with Gasteiger partial charge in [-0.3, -0.25) is 0 Å². The summed E-state index contributed by atoms with van der Waals surface area (Å²) in [6.07, 6.45) is 22.4. The molecule has 0 nitrogen and oxygen atoms in total. The van der Waals surface area contributed by atoms with Crippen LogP contribution in [0.15, 0.2) is 60.7 Å². The smallest absolute Gasteiger partial charge is 0.0164 e. The first-order chi connectivity index (χ1) is 16.3. The van der Waals surface area contributed by atoms with E-state index >= 15 is 0 Å². The Balaban J connectivity index is 1.35. The van der Waals surface area contributed by atoms with Gasteiger partial charge in [0.2, 0.25) is 0 Å². The zero-order valence-electron chi connectivity index (χ0n) is 20.2. The highest BCUT2D eigenvalue weighted by molar-refractivity contribution is 7.76. The van der Waals surface area contributed by atoms with Gasteiger partial charge in [0.1, 0.15) is 0 Å². The van der Waals surface area contributed by atoms with Gasteiger partial charge in [-0.25, -0.2) is 0 Å². The van der Waals surface area contributed by atoms with E-state index < -0.39 is 7.92 Å². The Morgan fingerprint density at radius 1 is 0.636 bits per heavy atom. The Labute approximate surface area is 205 Å². The van der Waals surface area contributed by atoms with Crippen molar-refractivity contribution in [2.75, 3.05) is 0 Å². The average molecular weight is 474 g/mol. The van der Waals surface area contributed by atoms with Crippen LogP contribution in [-0.4, -0.2) is 17.0 Å². The van der Waals surface area contributed by atoms with E-state index in [1.807, 2.05) is 0 Å². The Morgan fingerprint density at radius 2 is 1.12 bits per heavy atom. The van der Waals surface area contributed by atoms with E-state index in [1.54, 1.807) is 5.92 Å². The molecule has 5 rings (SSSR count). The quantitative estimate of drug-likeness (QED) is 0.354. The van der Waals surface area contributed by atoms with Crippen LogP contribution in [0.3, 0.4) is 0 Å². The third-order valence-electron chi connectivity index (χ3n) is 7.97. The molecule has 2 aromatic rings. The van der Waals surface area contributed by atoms with Crippen LogP contribution in [0.1, 0.15) is 71.1 Å². The fraction of sp³-hybridized carbons (Fsp3) is 0.452. The molecule has 0 amide bonds. The second-order valence-corrected chi connectivity index (χ2v) is 15.5. The standard InChI is InChI=1S/C31H39P2/c1-25(32(27-14-6-2-7-15-27)28-16-8-3-9-17-28)26-22-23-31(24-26)33(29-18-10-4-11-19-29)30-20-12-5-13-21-30/h4-5,10-13,18-25,27-28H,2-3,6-9,14-17H2,1H3/t25-/m1/s1. The van der Waals surface area contributed by atoms with Crippen LogP contribution in [0.4, 0.5) is 0 Å². The molecule has 0 unspecified atom stereocenters. The number of rotatable bonds is 7. The number of benzene rings is 2. The van der Waals surface area contributed by atoms with Crippen LogP contribution in [0.25, 0.3) is 0 Å². The molecule has 3 fully saturated rings. The molecule has 33 heavy (non-hydrogen) atoms. The summed E-state index contributed by atoms with van der Waals surface area (Å²) < 4.78 is 0. The van der Waals surface area contributed by atoms with Crippen LogP contribution in [0.5, 0.6) is 0 Å². The minimum absolute atomic E-state index is 0.0583. The lowest BCUT2D eigenvalue weighted by molar-refractivity contribution is 0.482. The van der Waals surface area contributed by atoms with Crippen molar-refractivity contribution in [2.24, 2.45) is 0 Å². The maximum atomic E-state index is 2.61. The lowest BCUT2D eigenvalue weighted by Gasteiger charge is -2.43. The van der Waals surface area contributed by atoms with Crippen LogP contribution in [0.2, 0.25) is 0 Å². The summed E-state index contributed by atoms with van der Waals surface area (Å²) >= 11 is 0. The zero-order chi connectivity index (χ0) is 22.5. The van der Waals surface area contributed by atoms with Crippen LogP contribution < -0.4 is 10.6 Å². The maximum absolute atomic E-state index is 2.61. The number of hydrogen-bond acceptors (Lipinski definition) is 0. The van der Waals surface area contributed by atoms with Crippen molar-refractivity contribution in [1.29, 1.82) is 0 Å². The van der Waals surface area contributed by atoms with Crippen LogP contribution >= 0.6 is 15.8 Å². The van der Waals surface area contributed by atoms with Crippen molar-refractivity contribution < 1.29 is 0 Å². The van der Waals surface area contributed by atoms with Crippen molar-refractivity contribution in [1.82, 2.24) is 0 Å².